The van der Waals surface area contributed by atoms with Gasteiger partial charge in [-0.3, -0.25) is 0 Å². The summed E-state index contributed by atoms with van der Waals surface area (Å²) in [6.45, 7) is 0. The maximum atomic E-state index is 15.0. The molecular formula is C56H46N4O4S3. The molecule has 332 valence electrons. The van der Waals surface area contributed by atoms with Gasteiger partial charge in [0.05, 0.1) is 32.6 Å². The molecular weight excluding hydrogens is 889 g/mol. The van der Waals surface area contributed by atoms with Crippen LogP contribution in [0.25, 0.3) is 89.4 Å². The van der Waals surface area contributed by atoms with Crippen LogP contribution in [0, 0.1) is 0 Å². The monoisotopic (exact) mass is 934 g/mol. The van der Waals surface area contributed by atoms with Crippen LogP contribution in [0.1, 0.15) is 0 Å². The van der Waals surface area contributed by atoms with Crippen molar-refractivity contribution in [3.8, 4) is 67.8 Å². The van der Waals surface area contributed by atoms with E-state index in [0.717, 1.165) is 54.9 Å². The molecule has 2 aromatic heterocycles. The minimum atomic E-state index is -4.82. The first kappa shape index (κ1) is 43.9. The number of benzene rings is 8. The topological polar surface area (TPSA) is 104 Å². The zero-order chi connectivity index (χ0) is 46.2. The van der Waals surface area contributed by atoms with Gasteiger partial charge in [0.2, 0.25) is 0 Å². The third kappa shape index (κ3) is 9.12. The van der Waals surface area contributed by atoms with E-state index in [1.54, 1.807) is 0 Å². The van der Waals surface area contributed by atoms with Gasteiger partial charge in [0, 0.05) is 33.4 Å². The van der Waals surface area contributed by atoms with E-state index in [1.165, 1.54) is 0 Å². The molecule has 0 N–H and O–H groups in total. The standard InChI is InChI=1S/C56H46N4O4S3/c1-65(2,53-49(41-23-9-5-10-24-41)57-55(43-27-13-7-14-28-43)59-51(53)47-35-33-39-21-17-19-31-45(39)37-47)63-67(61,62)64-66(3,4)54-50(42-25-11-6-12-26-42)58-56(44-29-15-8-16-30-44)60-52(54)48-36-34-40-22-18-20-32-46(40)38-48/h5-38H,1-4H3. The minimum absolute atomic E-state index is 0.500. The molecule has 0 aliphatic rings. The van der Waals surface area contributed by atoms with E-state index in [2.05, 4.69) is 48.5 Å². The van der Waals surface area contributed by atoms with Crippen LogP contribution in [0.5, 0.6) is 0 Å². The molecule has 0 aliphatic heterocycles. The fourth-order valence-corrected chi connectivity index (χ4v) is 15.1. The molecule has 8 aromatic carbocycles. The second-order valence-electron chi connectivity index (χ2n) is 16.7. The summed E-state index contributed by atoms with van der Waals surface area (Å²) < 4.78 is 43.1. The van der Waals surface area contributed by atoms with Crippen LogP contribution < -0.4 is 0 Å². The molecule has 0 spiro atoms. The molecule has 2 heterocycles. The van der Waals surface area contributed by atoms with Gasteiger partial charge in [-0.1, -0.05) is 215 Å². The Bertz CT molecular complexity index is 3310. The summed E-state index contributed by atoms with van der Waals surface area (Å²) in [7, 11) is -10.5. The van der Waals surface area contributed by atoms with Crippen molar-refractivity contribution in [2.45, 2.75) is 9.79 Å². The van der Waals surface area contributed by atoms with Crippen molar-refractivity contribution >= 4 is 52.6 Å². The number of nitrogens with zero attached hydrogens (tertiary/aromatic N) is 4. The average molecular weight is 935 g/mol. The van der Waals surface area contributed by atoms with Crippen molar-refractivity contribution in [3.63, 3.8) is 0 Å². The number of fused-ring (bicyclic) bond motifs is 2. The summed E-state index contributed by atoms with van der Waals surface area (Å²) >= 11 is 0. The van der Waals surface area contributed by atoms with Gasteiger partial charge in [-0.2, -0.15) is 15.7 Å². The highest BCUT2D eigenvalue weighted by molar-refractivity contribution is 8.35. The van der Waals surface area contributed by atoms with Crippen molar-refractivity contribution in [1.82, 2.24) is 19.9 Å². The second-order valence-corrected chi connectivity index (χ2v) is 24.4. The summed E-state index contributed by atoms with van der Waals surface area (Å²) in [5.74, 6) is 1.000. The molecule has 67 heavy (non-hydrogen) atoms. The molecule has 0 saturated carbocycles. The van der Waals surface area contributed by atoms with Gasteiger partial charge in [-0.25, -0.2) is 19.9 Å². The number of aromatic nitrogens is 4. The molecule has 0 amide bonds. The predicted molar refractivity (Wildman–Crippen MR) is 278 cm³/mol. The van der Waals surface area contributed by atoms with Crippen molar-refractivity contribution in [2.75, 3.05) is 25.0 Å². The average Bonchev–Trinajstić information content (AvgIpc) is 3.35. The van der Waals surface area contributed by atoms with Gasteiger partial charge in [0.25, 0.3) is 0 Å². The Balaban J connectivity index is 1.14. The van der Waals surface area contributed by atoms with Crippen molar-refractivity contribution < 1.29 is 15.7 Å². The Morgan fingerprint density at radius 2 is 0.597 bits per heavy atom. The van der Waals surface area contributed by atoms with E-state index in [0.29, 0.717) is 44.2 Å². The first-order valence-corrected chi connectivity index (χ1v) is 27.7. The Morgan fingerprint density at radius 1 is 0.313 bits per heavy atom. The van der Waals surface area contributed by atoms with E-state index in [4.69, 9.17) is 27.2 Å². The van der Waals surface area contributed by atoms with E-state index in [1.807, 2.05) is 183 Å². The molecule has 0 atom stereocenters. The smallest absolute Gasteiger partial charge is 0.227 e. The van der Waals surface area contributed by atoms with Gasteiger partial charge in [-0.05, 0) is 58.7 Å². The SMILES string of the molecule is CS(C)(OS(=O)(=O)OS(C)(C)c1c(-c2ccccc2)nc(-c2ccccc2)nc1-c1ccc2ccccc2c1)c1c(-c2ccccc2)nc(-c2ccccc2)nc1-c1ccc2ccccc2c1. The minimum Gasteiger partial charge on any atom is -0.227 e. The Morgan fingerprint density at radius 3 is 0.940 bits per heavy atom. The highest BCUT2D eigenvalue weighted by atomic mass is 32.4. The first-order valence-electron chi connectivity index (χ1n) is 21.6. The summed E-state index contributed by atoms with van der Waals surface area (Å²) in [5, 5.41) is 4.16. The third-order valence-corrected chi connectivity index (χ3v) is 18.2. The molecule has 0 bridgehead atoms. The lowest BCUT2D eigenvalue weighted by Gasteiger charge is -2.37. The summed E-state index contributed by atoms with van der Waals surface area (Å²) in [5.41, 5.74) is 7.06. The quantitative estimate of drug-likeness (QED) is 0.119. The maximum absolute atomic E-state index is 15.0. The van der Waals surface area contributed by atoms with Gasteiger partial charge < -0.3 is 0 Å². The number of rotatable bonds is 12. The molecule has 0 radical (unpaired) electrons. The summed E-state index contributed by atoms with van der Waals surface area (Å²) in [6, 6.07) is 67.7. The Kier molecular flexibility index (Phi) is 11.8. The van der Waals surface area contributed by atoms with Crippen LogP contribution >= 0.6 is 20.6 Å². The summed E-state index contributed by atoms with van der Waals surface area (Å²) in [6.07, 6.45) is 7.23. The van der Waals surface area contributed by atoms with Gasteiger partial charge in [-0.15, -0.1) is 0 Å². The molecule has 10 aromatic rings. The summed E-state index contributed by atoms with van der Waals surface area (Å²) in [4.78, 5) is 22.0. The van der Waals surface area contributed by atoms with Crippen molar-refractivity contribution in [1.29, 1.82) is 0 Å². The largest absolute Gasteiger partial charge is 0.419 e. The number of hydrogen-bond acceptors (Lipinski definition) is 8. The Hall–Kier alpha value is -6.99. The van der Waals surface area contributed by atoms with Crippen molar-refractivity contribution in [2.24, 2.45) is 0 Å². The zero-order valence-electron chi connectivity index (χ0n) is 37.3. The molecule has 0 unspecified atom stereocenters. The lowest BCUT2D eigenvalue weighted by atomic mass is 10.0. The van der Waals surface area contributed by atoms with Crippen LogP contribution in [-0.4, -0.2) is 53.4 Å². The van der Waals surface area contributed by atoms with E-state index >= 15 is 8.42 Å². The number of hydrogen-bond donors (Lipinski definition) is 0. The van der Waals surface area contributed by atoms with Gasteiger partial charge >= 0.3 is 10.4 Å². The highest BCUT2D eigenvalue weighted by Crippen LogP contribution is 2.62. The molecule has 0 aliphatic carbocycles. The van der Waals surface area contributed by atoms with Gasteiger partial charge in [0.15, 0.2) is 11.6 Å². The van der Waals surface area contributed by atoms with Crippen molar-refractivity contribution in [3.05, 3.63) is 206 Å². The van der Waals surface area contributed by atoms with E-state index in [9.17, 15) is 0 Å². The lowest BCUT2D eigenvalue weighted by molar-refractivity contribution is 0.427. The van der Waals surface area contributed by atoms with E-state index in [-0.39, 0.29) is 0 Å². The fourth-order valence-electron chi connectivity index (χ4n) is 8.41. The van der Waals surface area contributed by atoms with E-state index < -0.39 is 31.0 Å². The lowest BCUT2D eigenvalue weighted by Crippen LogP contribution is -2.19. The van der Waals surface area contributed by atoms with Crippen LogP contribution in [0.2, 0.25) is 0 Å². The van der Waals surface area contributed by atoms with Crippen LogP contribution in [0.4, 0.5) is 0 Å². The maximum Gasteiger partial charge on any atom is 0.419 e. The first-order chi connectivity index (χ1) is 32.4. The van der Waals surface area contributed by atoms with Crippen LogP contribution in [0.15, 0.2) is 216 Å². The Labute approximate surface area is 394 Å². The third-order valence-electron chi connectivity index (χ3n) is 11.4. The predicted octanol–water partition coefficient (Wildman–Crippen LogP) is 14.2. The zero-order valence-corrected chi connectivity index (χ0v) is 39.7. The molecule has 11 heteroatoms. The van der Waals surface area contributed by atoms with Crippen LogP contribution in [0.3, 0.4) is 0 Å². The highest BCUT2D eigenvalue weighted by Gasteiger charge is 2.38. The molecule has 0 saturated heterocycles. The normalized spacial score (nSPS) is 12.6. The fraction of sp³-hybridized carbons (Fsp3) is 0.0714. The molecule has 0 fully saturated rings. The molecule has 10 rings (SSSR count). The second kappa shape index (κ2) is 18.0. The van der Waals surface area contributed by atoms with Crippen LogP contribution in [-0.2, 0) is 17.7 Å². The molecule has 8 nitrogen and oxygen atoms in total. The van der Waals surface area contributed by atoms with Gasteiger partial charge in [0.1, 0.15) is 0 Å².